The van der Waals surface area contributed by atoms with E-state index in [1.165, 1.54) is 0 Å². The van der Waals surface area contributed by atoms with Gasteiger partial charge in [-0.15, -0.1) is 5.06 Å². The first-order valence-corrected chi connectivity index (χ1v) is 9.53. The molecule has 1 aliphatic heterocycles. The molecular weight excluding hydrogens is 366 g/mol. The van der Waals surface area contributed by atoms with Gasteiger partial charge in [0.05, 0.1) is 18.8 Å². The second kappa shape index (κ2) is 8.88. The van der Waals surface area contributed by atoms with Crippen molar-refractivity contribution in [2.45, 2.75) is 32.3 Å². The maximum absolute atomic E-state index is 11.8. The Kier molecular flexibility index (Phi) is 6.83. The number of carbonyl (C=O) groups is 3. The van der Waals surface area contributed by atoms with E-state index in [1.54, 1.807) is 24.3 Å². The predicted molar refractivity (Wildman–Crippen MR) is 88.0 cm³/mol. The van der Waals surface area contributed by atoms with Gasteiger partial charge in [0.15, 0.2) is 0 Å². The molecule has 0 spiro atoms. The van der Waals surface area contributed by atoms with Crippen molar-refractivity contribution in [3.8, 4) is 0 Å². The lowest BCUT2D eigenvalue weighted by molar-refractivity contribution is -0.197. The average molecular weight is 385 g/mol. The highest BCUT2D eigenvalue weighted by molar-refractivity contribution is 7.85. The molecule has 9 nitrogen and oxygen atoms in total. The molecule has 0 radical (unpaired) electrons. The molecule has 1 fully saturated rings. The smallest absolute Gasteiger partial charge is 0.337 e. The van der Waals surface area contributed by atoms with Gasteiger partial charge in [-0.2, -0.15) is 8.42 Å². The van der Waals surface area contributed by atoms with Gasteiger partial charge in [0, 0.05) is 19.4 Å². The highest BCUT2D eigenvalue weighted by Crippen LogP contribution is 2.13. The van der Waals surface area contributed by atoms with E-state index in [9.17, 15) is 22.8 Å². The largest absolute Gasteiger partial charge is 0.377 e. The van der Waals surface area contributed by atoms with Crippen LogP contribution in [0.25, 0.3) is 0 Å². The second-order valence-electron chi connectivity index (χ2n) is 5.73. The lowest BCUT2D eigenvalue weighted by Crippen LogP contribution is -2.32. The van der Waals surface area contributed by atoms with E-state index in [0.29, 0.717) is 10.6 Å². The summed E-state index contributed by atoms with van der Waals surface area (Å²) in [4.78, 5) is 39.4. The van der Waals surface area contributed by atoms with Crippen molar-refractivity contribution < 1.29 is 36.9 Å². The molecule has 0 aliphatic carbocycles. The zero-order valence-corrected chi connectivity index (χ0v) is 14.7. The van der Waals surface area contributed by atoms with Crippen molar-refractivity contribution in [1.29, 1.82) is 0 Å². The van der Waals surface area contributed by atoms with Gasteiger partial charge in [0.2, 0.25) is 0 Å². The van der Waals surface area contributed by atoms with Crippen LogP contribution in [0, 0.1) is 0 Å². The maximum atomic E-state index is 11.8. The monoisotopic (exact) mass is 385 g/mol. The predicted octanol–water partition coefficient (Wildman–Crippen LogP) is 0.631. The fourth-order valence-electron chi connectivity index (χ4n) is 2.25. The normalized spacial score (nSPS) is 14.7. The number of amides is 2. The molecule has 2 amide bonds. The number of rotatable bonds is 9. The Morgan fingerprint density at radius 2 is 1.65 bits per heavy atom. The first-order chi connectivity index (χ1) is 12.2. The van der Waals surface area contributed by atoms with Crippen LogP contribution in [-0.2, 0) is 47.1 Å². The van der Waals surface area contributed by atoms with Crippen LogP contribution in [-0.4, -0.2) is 48.2 Å². The first-order valence-electron chi connectivity index (χ1n) is 7.92. The zero-order chi connectivity index (χ0) is 19.2. The fraction of sp³-hybridized carbons (Fsp3) is 0.438. The van der Waals surface area contributed by atoms with Crippen molar-refractivity contribution in [1.82, 2.24) is 5.06 Å². The van der Waals surface area contributed by atoms with Gasteiger partial charge < -0.3 is 9.57 Å². The average Bonchev–Trinajstić information content (AvgIpc) is 2.87. The molecule has 0 saturated carbocycles. The van der Waals surface area contributed by atoms with Crippen molar-refractivity contribution in [2.75, 3.05) is 12.4 Å². The molecule has 1 aliphatic rings. The Balaban J connectivity index is 1.74. The summed E-state index contributed by atoms with van der Waals surface area (Å²) >= 11 is 0. The first kappa shape index (κ1) is 20.0. The van der Waals surface area contributed by atoms with Gasteiger partial charge in [0.1, 0.15) is 0 Å². The Labute approximate surface area is 150 Å². The van der Waals surface area contributed by atoms with Gasteiger partial charge in [-0.05, 0) is 17.5 Å². The lowest BCUT2D eigenvalue weighted by Gasteiger charge is -2.12. The summed E-state index contributed by atoms with van der Waals surface area (Å²) in [5, 5.41) is 0.511. The molecule has 0 bridgehead atoms. The van der Waals surface area contributed by atoms with Crippen LogP contribution < -0.4 is 0 Å². The number of benzene rings is 1. The van der Waals surface area contributed by atoms with E-state index in [-0.39, 0.29) is 44.6 Å². The molecule has 10 heteroatoms. The fourth-order valence-corrected chi connectivity index (χ4v) is 2.73. The molecule has 0 aromatic heterocycles. The minimum atomic E-state index is -3.97. The Hall–Kier alpha value is -2.30. The van der Waals surface area contributed by atoms with E-state index in [1.807, 2.05) is 0 Å². The summed E-state index contributed by atoms with van der Waals surface area (Å²) in [7, 11) is -3.97. The topological polar surface area (TPSA) is 127 Å². The van der Waals surface area contributed by atoms with Crippen LogP contribution >= 0.6 is 0 Å². The van der Waals surface area contributed by atoms with Gasteiger partial charge >= 0.3 is 5.97 Å². The molecule has 0 atom stereocenters. The highest BCUT2D eigenvalue weighted by atomic mass is 32.2. The third-order valence-electron chi connectivity index (χ3n) is 3.53. The zero-order valence-electron chi connectivity index (χ0n) is 13.9. The van der Waals surface area contributed by atoms with Gasteiger partial charge in [-0.1, -0.05) is 24.3 Å². The van der Waals surface area contributed by atoms with Crippen LogP contribution in [0.1, 0.15) is 30.4 Å². The standard InChI is InChI=1S/C16H19NO8S/c18-14-6-7-15(19)17(14)25-16(20)10-12-2-4-13(5-3-12)11-24-8-1-9-26(21,22)23/h2-5H,1,6-11H2,(H,21,22,23). The summed E-state index contributed by atoms with van der Waals surface area (Å²) in [5.41, 5.74) is 1.46. The summed E-state index contributed by atoms with van der Waals surface area (Å²) in [5.74, 6) is -2.10. The Morgan fingerprint density at radius 3 is 2.23 bits per heavy atom. The third-order valence-corrected chi connectivity index (χ3v) is 4.33. The summed E-state index contributed by atoms with van der Waals surface area (Å²) < 4.78 is 35.0. The quantitative estimate of drug-likeness (QED) is 0.372. The summed E-state index contributed by atoms with van der Waals surface area (Å²) in [6.07, 6.45) is 0.194. The Bertz CT molecular complexity index is 756. The number of hydrogen-bond donors (Lipinski definition) is 1. The van der Waals surface area contributed by atoms with E-state index >= 15 is 0 Å². The van der Waals surface area contributed by atoms with E-state index in [4.69, 9.17) is 14.1 Å². The molecule has 1 N–H and O–H groups in total. The van der Waals surface area contributed by atoms with Gasteiger partial charge in [0.25, 0.3) is 21.9 Å². The molecule has 1 aromatic rings. The lowest BCUT2D eigenvalue weighted by atomic mass is 10.1. The molecule has 2 rings (SSSR count). The van der Waals surface area contributed by atoms with E-state index in [2.05, 4.69) is 0 Å². The van der Waals surface area contributed by atoms with Crippen LogP contribution in [0.15, 0.2) is 24.3 Å². The number of imide groups is 1. The number of ether oxygens (including phenoxy) is 1. The molecule has 26 heavy (non-hydrogen) atoms. The van der Waals surface area contributed by atoms with Crippen molar-refractivity contribution in [3.63, 3.8) is 0 Å². The molecule has 1 heterocycles. The second-order valence-corrected chi connectivity index (χ2v) is 7.30. The van der Waals surface area contributed by atoms with E-state index in [0.717, 1.165) is 5.56 Å². The SMILES string of the molecule is O=C(Cc1ccc(COCCCS(=O)(=O)O)cc1)ON1C(=O)CCC1=O. The molecule has 0 unspecified atom stereocenters. The minimum absolute atomic E-state index is 0.0467. The van der Waals surface area contributed by atoms with Crippen molar-refractivity contribution in [2.24, 2.45) is 0 Å². The van der Waals surface area contributed by atoms with E-state index < -0.39 is 27.9 Å². The number of hydroxylamine groups is 2. The van der Waals surface area contributed by atoms with Crippen molar-refractivity contribution in [3.05, 3.63) is 35.4 Å². The number of carbonyl (C=O) groups excluding carboxylic acids is 3. The van der Waals surface area contributed by atoms with Crippen molar-refractivity contribution >= 4 is 27.9 Å². The molecule has 1 saturated heterocycles. The number of hydrogen-bond acceptors (Lipinski definition) is 7. The molecule has 142 valence electrons. The van der Waals surface area contributed by atoms with Gasteiger partial charge in [-0.25, -0.2) is 4.79 Å². The van der Waals surface area contributed by atoms with Gasteiger partial charge in [-0.3, -0.25) is 14.1 Å². The molecule has 1 aromatic carbocycles. The summed E-state index contributed by atoms with van der Waals surface area (Å²) in [6.45, 7) is 0.443. The number of nitrogens with zero attached hydrogens (tertiary/aromatic N) is 1. The molecular formula is C16H19NO8S. The summed E-state index contributed by atoms with van der Waals surface area (Å²) in [6, 6.07) is 6.84. The maximum Gasteiger partial charge on any atom is 0.337 e. The third kappa shape index (κ3) is 6.54. The van der Waals surface area contributed by atoms with Crippen LogP contribution in [0.4, 0.5) is 0 Å². The highest BCUT2D eigenvalue weighted by Gasteiger charge is 2.32. The Morgan fingerprint density at radius 1 is 1.08 bits per heavy atom. The van der Waals surface area contributed by atoms with Crippen LogP contribution in [0.3, 0.4) is 0 Å². The minimum Gasteiger partial charge on any atom is -0.377 e. The van der Waals surface area contributed by atoms with Crippen LogP contribution in [0.5, 0.6) is 0 Å². The van der Waals surface area contributed by atoms with Crippen LogP contribution in [0.2, 0.25) is 0 Å².